The summed E-state index contributed by atoms with van der Waals surface area (Å²) in [6.07, 6.45) is 6.70. The number of nitrogens with zero attached hydrogens (tertiary/aromatic N) is 1. The lowest BCUT2D eigenvalue weighted by atomic mass is 9.96. The van der Waals surface area contributed by atoms with Crippen molar-refractivity contribution in [2.24, 2.45) is 0 Å². The zero-order chi connectivity index (χ0) is 14.5. The highest BCUT2D eigenvalue weighted by Gasteiger charge is 2.24. The van der Waals surface area contributed by atoms with Crippen LogP contribution in [0.5, 0.6) is 0 Å². The van der Waals surface area contributed by atoms with Crippen molar-refractivity contribution >= 4 is 12.0 Å². The fraction of sp³-hybridized carbons (Fsp3) is 0.471. The molecule has 0 bridgehead atoms. The number of carboxylic acids is 1. The van der Waals surface area contributed by atoms with E-state index in [9.17, 15) is 4.79 Å². The molecule has 2 unspecified atom stereocenters. The third kappa shape index (κ3) is 3.70. The predicted molar refractivity (Wildman–Crippen MR) is 81.4 cm³/mol. The second-order valence-electron chi connectivity index (χ2n) is 5.67. The van der Waals surface area contributed by atoms with Crippen molar-refractivity contribution < 1.29 is 9.90 Å². The second-order valence-corrected chi connectivity index (χ2v) is 5.67. The topological polar surface area (TPSA) is 40.5 Å². The van der Waals surface area contributed by atoms with Gasteiger partial charge in [-0.05, 0) is 43.9 Å². The molecule has 1 heterocycles. The molecule has 2 atom stereocenters. The highest BCUT2D eigenvalue weighted by molar-refractivity contribution is 5.85. The smallest absolute Gasteiger partial charge is 0.328 e. The Hall–Kier alpha value is -1.61. The average molecular weight is 273 g/mol. The van der Waals surface area contributed by atoms with E-state index in [0.717, 1.165) is 12.1 Å². The Kier molecular flexibility index (Phi) is 4.96. The number of likely N-dealkylation sites (tertiary alicyclic amines) is 1. The van der Waals surface area contributed by atoms with Crippen molar-refractivity contribution in [2.45, 2.75) is 51.7 Å². The van der Waals surface area contributed by atoms with Crippen LogP contribution in [-0.2, 0) is 11.3 Å². The molecule has 1 aliphatic heterocycles. The van der Waals surface area contributed by atoms with Gasteiger partial charge in [0.2, 0.25) is 0 Å². The van der Waals surface area contributed by atoms with E-state index in [2.05, 4.69) is 24.8 Å². The van der Waals surface area contributed by atoms with Gasteiger partial charge in [-0.3, -0.25) is 4.90 Å². The van der Waals surface area contributed by atoms with Crippen molar-refractivity contribution in [3.8, 4) is 0 Å². The first-order chi connectivity index (χ1) is 9.58. The van der Waals surface area contributed by atoms with Gasteiger partial charge in [-0.15, -0.1) is 0 Å². The number of benzene rings is 1. The molecule has 1 saturated heterocycles. The number of rotatable bonds is 4. The van der Waals surface area contributed by atoms with Crippen LogP contribution >= 0.6 is 0 Å². The standard InChI is InChI=1S/C17H23NO2/c1-13-6-5-7-14(2)18(13)12-16-9-4-3-8-15(16)10-11-17(19)20/h3-4,8-11,13-14H,5-7,12H2,1-2H3,(H,19,20). The van der Waals surface area contributed by atoms with E-state index < -0.39 is 5.97 Å². The molecule has 20 heavy (non-hydrogen) atoms. The Bertz CT molecular complexity index is 486. The molecule has 0 saturated carbocycles. The van der Waals surface area contributed by atoms with Gasteiger partial charge in [0.05, 0.1) is 0 Å². The molecule has 2 rings (SSSR count). The lowest BCUT2D eigenvalue weighted by Gasteiger charge is -2.39. The summed E-state index contributed by atoms with van der Waals surface area (Å²) in [5.41, 5.74) is 2.20. The van der Waals surface area contributed by atoms with E-state index in [1.54, 1.807) is 6.08 Å². The minimum Gasteiger partial charge on any atom is -0.478 e. The molecule has 1 aliphatic rings. The molecule has 0 aromatic heterocycles. The van der Waals surface area contributed by atoms with Gasteiger partial charge < -0.3 is 5.11 Å². The lowest BCUT2D eigenvalue weighted by Crippen LogP contribution is -2.43. The summed E-state index contributed by atoms with van der Waals surface area (Å²) < 4.78 is 0. The summed E-state index contributed by atoms with van der Waals surface area (Å²) in [6, 6.07) is 9.23. The largest absolute Gasteiger partial charge is 0.478 e. The van der Waals surface area contributed by atoms with Gasteiger partial charge in [0, 0.05) is 24.7 Å². The van der Waals surface area contributed by atoms with Crippen LogP contribution < -0.4 is 0 Å². The van der Waals surface area contributed by atoms with Gasteiger partial charge in [0.25, 0.3) is 0 Å². The Morgan fingerprint density at radius 2 is 1.95 bits per heavy atom. The summed E-state index contributed by atoms with van der Waals surface area (Å²) in [5.74, 6) is -0.903. The molecule has 1 aromatic carbocycles. The van der Waals surface area contributed by atoms with Crippen molar-refractivity contribution in [1.82, 2.24) is 4.90 Å². The maximum atomic E-state index is 10.7. The molecule has 3 nitrogen and oxygen atoms in total. The summed E-state index contributed by atoms with van der Waals surface area (Å²) in [5, 5.41) is 8.77. The van der Waals surface area contributed by atoms with Gasteiger partial charge >= 0.3 is 5.97 Å². The molecule has 108 valence electrons. The molecule has 0 radical (unpaired) electrons. The molecular formula is C17H23NO2. The van der Waals surface area contributed by atoms with Crippen LogP contribution in [0.4, 0.5) is 0 Å². The summed E-state index contributed by atoms with van der Waals surface area (Å²) in [7, 11) is 0. The number of piperidine rings is 1. The fourth-order valence-electron chi connectivity index (χ4n) is 2.98. The number of hydrogen-bond acceptors (Lipinski definition) is 2. The first kappa shape index (κ1) is 14.8. The Morgan fingerprint density at radius 3 is 2.60 bits per heavy atom. The van der Waals surface area contributed by atoms with Gasteiger partial charge in [-0.2, -0.15) is 0 Å². The number of carbonyl (C=O) groups is 1. The third-order valence-electron chi connectivity index (χ3n) is 4.19. The molecule has 1 N–H and O–H groups in total. The summed E-state index contributed by atoms with van der Waals surface area (Å²) >= 11 is 0. The van der Waals surface area contributed by atoms with Gasteiger partial charge in [0.15, 0.2) is 0 Å². The Balaban J connectivity index is 2.18. The molecule has 1 fully saturated rings. The van der Waals surface area contributed by atoms with E-state index in [-0.39, 0.29) is 0 Å². The first-order valence-electron chi connectivity index (χ1n) is 7.32. The minimum absolute atomic E-state index is 0.593. The van der Waals surface area contributed by atoms with Crippen LogP contribution in [0.1, 0.15) is 44.2 Å². The number of carboxylic acid groups (broad SMARTS) is 1. The van der Waals surface area contributed by atoms with Crippen LogP contribution in [0.2, 0.25) is 0 Å². The van der Waals surface area contributed by atoms with Crippen LogP contribution in [0.15, 0.2) is 30.3 Å². The predicted octanol–water partition coefficient (Wildman–Crippen LogP) is 3.55. The van der Waals surface area contributed by atoms with Crippen LogP contribution in [0.25, 0.3) is 6.08 Å². The lowest BCUT2D eigenvalue weighted by molar-refractivity contribution is -0.131. The van der Waals surface area contributed by atoms with Crippen molar-refractivity contribution in [3.63, 3.8) is 0 Å². The Morgan fingerprint density at radius 1 is 1.30 bits per heavy atom. The Labute approximate surface area is 120 Å². The quantitative estimate of drug-likeness (QED) is 0.853. The second kappa shape index (κ2) is 6.71. The monoisotopic (exact) mass is 273 g/mol. The normalized spacial score (nSPS) is 24.1. The van der Waals surface area contributed by atoms with Gasteiger partial charge in [-0.1, -0.05) is 30.7 Å². The van der Waals surface area contributed by atoms with Crippen LogP contribution in [-0.4, -0.2) is 28.1 Å². The fourth-order valence-corrected chi connectivity index (χ4v) is 2.98. The van der Waals surface area contributed by atoms with Crippen molar-refractivity contribution in [3.05, 3.63) is 41.5 Å². The number of hydrogen-bond donors (Lipinski definition) is 1. The van der Waals surface area contributed by atoms with Crippen molar-refractivity contribution in [2.75, 3.05) is 0 Å². The first-order valence-corrected chi connectivity index (χ1v) is 7.32. The van der Waals surface area contributed by atoms with E-state index in [1.165, 1.54) is 30.9 Å². The van der Waals surface area contributed by atoms with Crippen molar-refractivity contribution in [1.29, 1.82) is 0 Å². The van der Waals surface area contributed by atoms with Crippen LogP contribution in [0, 0.1) is 0 Å². The molecule has 1 aromatic rings. The van der Waals surface area contributed by atoms with Gasteiger partial charge in [0.1, 0.15) is 0 Å². The maximum absolute atomic E-state index is 10.7. The molecular weight excluding hydrogens is 250 g/mol. The maximum Gasteiger partial charge on any atom is 0.328 e. The number of aliphatic carboxylic acids is 1. The highest BCUT2D eigenvalue weighted by Crippen LogP contribution is 2.25. The third-order valence-corrected chi connectivity index (χ3v) is 4.19. The summed E-state index contributed by atoms with van der Waals surface area (Å²) in [6.45, 7) is 5.46. The SMILES string of the molecule is CC1CCCC(C)N1Cc1ccccc1C=CC(=O)O. The molecule has 3 heteroatoms. The zero-order valence-corrected chi connectivity index (χ0v) is 12.2. The molecule has 0 aliphatic carbocycles. The average Bonchev–Trinajstić information content (AvgIpc) is 2.42. The minimum atomic E-state index is -0.903. The van der Waals surface area contributed by atoms with Gasteiger partial charge in [-0.25, -0.2) is 4.79 Å². The van der Waals surface area contributed by atoms with E-state index in [4.69, 9.17) is 5.11 Å². The molecule has 0 amide bonds. The van der Waals surface area contributed by atoms with E-state index in [1.807, 2.05) is 18.2 Å². The van der Waals surface area contributed by atoms with E-state index in [0.29, 0.717) is 12.1 Å². The highest BCUT2D eigenvalue weighted by atomic mass is 16.4. The van der Waals surface area contributed by atoms with Crippen LogP contribution in [0.3, 0.4) is 0 Å². The molecule has 0 spiro atoms. The van der Waals surface area contributed by atoms with E-state index >= 15 is 0 Å². The zero-order valence-electron chi connectivity index (χ0n) is 12.2. The summed E-state index contributed by atoms with van der Waals surface area (Å²) in [4.78, 5) is 13.2.